The van der Waals surface area contributed by atoms with Crippen LogP contribution in [0.5, 0.6) is 5.75 Å². The number of primary amides is 1. The number of rotatable bonds is 4. The lowest BCUT2D eigenvalue weighted by Gasteiger charge is -2.50. The number of likely N-dealkylation sites (N-methyl/N-ethyl adjacent to an activating group) is 1. The second-order valence-corrected chi connectivity index (χ2v) is 9.36. The lowest BCUT2D eigenvalue weighted by molar-refractivity contribution is -0.153. The molecule has 0 saturated heterocycles. The average molecular weight is 542 g/mol. The number of phenols is 1. The average Bonchev–Trinajstić information content (AvgIpc) is 2.87. The van der Waals surface area contributed by atoms with Gasteiger partial charge in [0, 0.05) is 11.5 Å². The van der Waals surface area contributed by atoms with E-state index in [1.54, 1.807) is 0 Å². The van der Waals surface area contributed by atoms with Crippen LogP contribution in [0.3, 0.4) is 0 Å². The second kappa shape index (κ2) is 10.8. The standard InChI is InChI=1S/C25H25N3O9.C2H6/c1-4-7-37-24(35)27-13-6-5-10-8-11-9-12-17(28(2)3)20(31)16(23(26)34)22(33)25(12,36)21(32)15(11)19(30)14(10)18(13)29;1-2/h1,5-6,11-12,17,29-30,33,36H,7-9H2,2-3H3,(H2,26,34)(H,27,35);1-2H3/t11-,12-,17-,25-;/m0./s1. The first-order chi connectivity index (χ1) is 18.4. The lowest BCUT2D eigenvalue weighted by atomic mass is 9.57. The third-order valence-corrected chi connectivity index (χ3v) is 7.12. The first-order valence-electron chi connectivity index (χ1n) is 12.2. The van der Waals surface area contributed by atoms with Crippen molar-refractivity contribution in [2.24, 2.45) is 17.6 Å². The molecule has 0 aromatic heterocycles. The zero-order valence-corrected chi connectivity index (χ0v) is 21.9. The Hall–Kier alpha value is -4.34. The number of nitrogens with one attached hydrogen (secondary N) is 1. The quantitative estimate of drug-likeness (QED) is 0.183. The van der Waals surface area contributed by atoms with Gasteiger partial charge in [-0.3, -0.25) is 24.6 Å². The zero-order chi connectivity index (χ0) is 29.4. The molecular weight excluding hydrogens is 510 g/mol. The second-order valence-electron chi connectivity index (χ2n) is 9.36. The molecule has 2 amide bonds. The van der Waals surface area contributed by atoms with Crippen LogP contribution in [0.4, 0.5) is 10.5 Å². The van der Waals surface area contributed by atoms with Crippen LogP contribution in [-0.4, -0.2) is 81.2 Å². The van der Waals surface area contributed by atoms with Crippen LogP contribution in [0.25, 0.3) is 5.76 Å². The Morgan fingerprint density at radius 1 is 1.23 bits per heavy atom. The number of fused-ring (bicyclic) bond motifs is 3. The monoisotopic (exact) mass is 541 g/mol. The van der Waals surface area contributed by atoms with Crippen molar-refractivity contribution in [3.8, 4) is 18.1 Å². The van der Waals surface area contributed by atoms with Gasteiger partial charge in [-0.2, -0.15) is 0 Å². The van der Waals surface area contributed by atoms with Crippen molar-refractivity contribution in [2.45, 2.75) is 38.3 Å². The van der Waals surface area contributed by atoms with E-state index in [1.165, 1.54) is 31.1 Å². The maximum atomic E-state index is 13.7. The summed E-state index contributed by atoms with van der Waals surface area (Å²) in [6, 6.07) is 1.75. The molecule has 39 heavy (non-hydrogen) atoms. The Morgan fingerprint density at radius 3 is 2.44 bits per heavy atom. The number of Topliss-reactive ketones (excluding diaryl/α,β-unsaturated/α-hetero) is 2. The molecule has 0 heterocycles. The number of nitrogens with zero attached hydrogens (tertiary/aromatic N) is 1. The number of aliphatic hydroxyl groups is 3. The highest BCUT2D eigenvalue weighted by Crippen LogP contribution is 2.53. The molecule has 4 atom stereocenters. The number of amides is 2. The number of benzene rings is 1. The summed E-state index contributed by atoms with van der Waals surface area (Å²) >= 11 is 0. The molecule has 1 aromatic rings. The Bertz CT molecular complexity index is 1350. The summed E-state index contributed by atoms with van der Waals surface area (Å²) in [6.07, 6.45) is 4.19. The fraction of sp³-hybridized carbons (Fsp3) is 0.407. The van der Waals surface area contributed by atoms with Crippen molar-refractivity contribution < 1.29 is 44.3 Å². The summed E-state index contributed by atoms with van der Waals surface area (Å²) in [6.45, 7) is 3.68. The highest BCUT2D eigenvalue weighted by Gasteiger charge is 2.64. The number of anilines is 1. The third kappa shape index (κ3) is 4.49. The third-order valence-electron chi connectivity index (χ3n) is 7.12. The number of ketones is 2. The van der Waals surface area contributed by atoms with Crippen LogP contribution in [0, 0.1) is 24.2 Å². The molecule has 0 aliphatic heterocycles. The van der Waals surface area contributed by atoms with E-state index in [0.29, 0.717) is 5.56 Å². The van der Waals surface area contributed by atoms with Gasteiger partial charge in [-0.05, 0) is 44.5 Å². The predicted molar refractivity (Wildman–Crippen MR) is 139 cm³/mol. The van der Waals surface area contributed by atoms with E-state index in [9.17, 15) is 39.6 Å². The molecule has 1 saturated carbocycles. The van der Waals surface area contributed by atoms with Gasteiger partial charge in [-0.1, -0.05) is 25.8 Å². The van der Waals surface area contributed by atoms with Crippen LogP contribution in [0.2, 0.25) is 0 Å². The SMILES string of the molecule is C#CCOC(=O)Nc1ccc2c(c1O)C(O)=C1C(=O)[C@]3(O)C(O)=C(C(N)=O)C(=O)[C@@H](N(C)C)[C@@H]3C[C@@H]1C2.CC. The van der Waals surface area contributed by atoms with E-state index in [0.717, 1.165) is 0 Å². The van der Waals surface area contributed by atoms with Crippen molar-refractivity contribution >= 4 is 35.0 Å². The van der Waals surface area contributed by atoms with Gasteiger partial charge in [0.2, 0.25) is 5.78 Å². The molecule has 0 spiro atoms. The summed E-state index contributed by atoms with van der Waals surface area (Å²) in [5, 5.41) is 46.6. The summed E-state index contributed by atoms with van der Waals surface area (Å²) in [7, 11) is 3.04. The highest BCUT2D eigenvalue weighted by molar-refractivity contribution is 6.24. The van der Waals surface area contributed by atoms with E-state index >= 15 is 0 Å². The number of hydrogen-bond donors (Lipinski definition) is 6. The first kappa shape index (κ1) is 29.2. The number of phenolic OH excluding ortho intramolecular Hbond substituents is 1. The molecule has 0 radical (unpaired) electrons. The van der Waals surface area contributed by atoms with E-state index < -0.39 is 69.9 Å². The maximum absolute atomic E-state index is 13.7. The van der Waals surface area contributed by atoms with Gasteiger partial charge in [0.15, 0.2) is 18.0 Å². The number of nitrogens with two attached hydrogens (primary N) is 1. The van der Waals surface area contributed by atoms with E-state index in [2.05, 4.69) is 11.2 Å². The number of carbonyl (C=O) groups excluding carboxylic acids is 4. The number of hydrogen-bond acceptors (Lipinski definition) is 10. The Morgan fingerprint density at radius 2 is 1.87 bits per heavy atom. The number of ether oxygens (including phenoxy) is 1. The number of carbonyl (C=O) groups is 4. The van der Waals surface area contributed by atoms with E-state index in [1.807, 2.05) is 13.8 Å². The molecular formula is C27H31N3O9. The van der Waals surface area contributed by atoms with Gasteiger partial charge in [0.1, 0.15) is 22.8 Å². The Labute approximate surface area is 224 Å². The van der Waals surface area contributed by atoms with Gasteiger partial charge in [-0.25, -0.2) is 4.79 Å². The zero-order valence-electron chi connectivity index (χ0n) is 21.9. The molecule has 3 aliphatic rings. The normalized spacial score (nSPS) is 25.5. The largest absolute Gasteiger partial charge is 0.508 e. The number of aromatic hydroxyl groups is 1. The van der Waals surface area contributed by atoms with E-state index in [-0.39, 0.29) is 36.3 Å². The molecule has 7 N–H and O–H groups in total. The van der Waals surface area contributed by atoms with Gasteiger partial charge in [-0.15, -0.1) is 6.42 Å². The molecule has 12 heteroatoms. The molecule has 0 bridgehead atoms. The number of terminal acetylenes is 1. The fourth-order valence-corrected chi connectivity index (χ4v) is 5.57. The molecule has 12 nitrogen and oxygen atoms in total. The molecule has 1 aromatic carbocycles. The van der Waals surface area contributed by atoms with Gasteiger partial charge in [0.25, 0.3) is 5.91 Å². The molecule has 4 rings (SSSR count). The molecule has 0 unspecified atom stereocenters. The van der Waals surface area contributed by atoms with Gasteiger partial charge >= 0.3 is 6.09 Å². The Kier molecular flexibility index (Phi) is 8.09. The summed E-state index contributed by atoms with van der Waals surface area (Å²) in [4.78, 5) is 52.1. The molecule has 3 aliphatic carbocycles. The van der Waals surface area contributed by atoms with Crippen molar-refractivity contribution in [1.29, 1.82) is 0 Å². The van der Waals surface area contributed by atoms with Gasteiger partial charge < -0.3 is 30.9 Å². The minimum Gasteiger partial charge on any atom is -0.508 e. The van der Waals surface area contributed by atoms with Crippen molar-refractivity contribution in [3.05, 3.63) is 40.2 Å². The summed E-state index contributed by atoms with van der Waals surface area (Å²) < 4.78 is 4.71. The highest BCUT2D eigenvalue weighted by atomic mass is 16.5. The fourth-order valence-electron chi connectivity index (χ4n) is 5.57. The van der Waals surface area contributed by atoms with Crippen LogP contribution >= 0.6 is 0 Å². The first-order valence-corrected chi connectivity index (χ1v) is 12.2. The predicted octanol–water partition coefficient (Wildman–Crippen LogP) is 1.17. The van der Waals surface area contributed by atoms with Crippen LogP contribution in [-0.2, 0) is 25.5 Å². The van der Waals surface area contributed by atoms with Crippen molar-refractivity contribution in [3.63, 3.8) is 0 Å². The maximum Gasteiger partial charge on any atom is 0.412 e. The topological polar surface area (TPSA) is 200 Å². The Balaban J connectivity index is 0.00000205. The van der Waals surface area contributed by atoms with Crippen molar-refractivity contribution in [1.82, 2.24) is 4.90 Å². The van der Waals surface area contributed by atoms with Gasteiger partial charge in [0.05, 0.1) is 17.3 Å². The molecule has 208 valence electrons. The smallest absolute Gasteiger partial charge is 0.412 e. The van der Waals surface area contributed by atoms with Crippen LogP contribution in [0.1, 0.15) is 31.4 Å². The minimum atomic E-state index is -2.73. The van der Waals surface area contributed by atoms with Crippen LogP contribution in [0.15, 0.2) is 29.0 Å². The summed E-state index contributed by atoms with van der Waals surface area (Å²) in [5.74, 6) is -5.41. The number of aliphatic hydroxyl groups excluding tert-OH is 2. The minimum absolute atomic E-state index is 0.0229. The van der Waals surface area contributed by atoms with E-state index in [4.69, 9.17) is 16.9 Å². The van der Waals surface area contributed by atoms with Crippen LogP contribution < -0.4 is 11.1 Å². The lowest BCUT2D eigenvalue weighted by Crippen LogP contribution is -2.65. The summed E-state index contributed by atoms with van der Waals surface area (Å²) in [5.41, 5.74) is 1.52. The molecule has 1 fully saturated rings. The van der Waals surface area contributed by atoms with Crippen molar-refractivity contribution in [2.75, 3.05) is 26.0 Å².